The minimum Gasteiger partial charge on any atom is -0.392 e. The van der Waals surface area contributed by atoms with Gasteiger partial charge in [-0.3, -0.25) is 4.79 Å². The van der Waals surface area contributed by atoms with Crippen molar-refractivity contribution in [2.75, 3.05) is 12.3 Å². The van der Waals surface area contributed by atoms with Crippen LogP contribution in [-0.2, 0) is 9.84 Å². The van der Waals surface area contributed by atoms with E-state index in [4.69, 9.17) is 5.11 Å². The number of hydrogen-bond acceptors (Lipinski definition) is 4. The summed E-state index contributed by atoms with van der Waals surface area (Å²) in [7, 11) is -3.45. The molecule has 1 aromatic carbocycles. The fourth-order valence-corrected chi connectivity index (χ4v) is 3.18. The van der Waals surface area contributed by atoms with Crippen LogP contribution in [0.25, 0.3) is 0 Å². The largest absolute Gasteiger partial charge is 0.392 e. The first kappa shape index (κ1) is 15.7. The number of hydrogen-bond donors (Lipinski definition) is 2. The molecule has 0 bridgehead atoms. The second-order valence-electron chi connectivity index (χ2n) is 4.37. The first-order valence-electron chi connectivity index (χ1n) is 6.16. The first-order chi connectivity index (χ1) is 8.88. The van der Waals surface area contributed by atoms with E-state index in [9.17, 15) is 13.2 Å². The third-order valence-corrected chi connectivity index (χ3v) is 4.47. The Hall–Kier alpha value is -1.40. The molecular weight excluding hydrogens is 266 g/mol. The van der Waals surface area contributed by atoms with Gasteiger partial charge >= 0.3 is 0 Å². The summed E-state index contributed by atoms with van der Waals surface area (Å²) in [5.41, 5.74) is 0.122. The highest BCUT2D eigenvalue weighted by molar-refractivity contribution is 7.91. The van der Waals surface area contributed by atoms with E-state index in [1.165, 1.54) is 12.1 Å². The fraction of sp³-hybridized carbons (Fsp3) is 0.462. The average Bonchev–Trinajstić information content (AvgIpc) is 2.36. The van der Waals surface area contributed by atoms with Crippen molar-refractivity contribution in [2.45, 2.75) is 31.3 Å². The Bertz CT molecular complexity index is 537. The minimum atomic E-state index is -3.45. The predicted octanol–water partition coefficient (Wildman–Crippen LogP) is 0.981. The summed E-state index contributed by atoms with van der Waals surface area (Å²) in [6.07, 6.45) is -0.185. The Balaban J connectivity index is 3.06. The molecule has 5 nitrogen and oxygen atoms in total. The third kappa shape index (κ3) is 4.33. The van der Waals surface area contributed by atoms with Gasteiger partial charge in [-0.05, 0) is 25.5 Å². The Morgan fingerprint density at radius 3 is 2.58 bits per heavy atom. The van der Waals surface area contributed by atoms with Gasteiger partial charge in [0.1, 0.15) is 0 Å². The van der Waals surface area contributed by atoms with Crippen molar-refractivity contribution in [3.63, 3.8) is 0 Å². The Morgan fingerprint density at radius 2 is 2.00 bits per heavy atom. The number of aliphatic hydroxyl groups excluding tert-OH is 1. The SMILES string of the molecule is CCCS(=O)(=O)c1ccccc1C(=O)NCC(C)O. The van der Waals surface area contributed by atoms with Crippen LogP contribution in [0.5, 0.6) is 0 Å². The zero-order valence-electron chi connectivity index (χ0n) is 11.1. The molecule has 0 heterocycles. The molecule has 106 valence electrons. The smallest absolute Gasteiger partial charge is 0.252 e. The van der Waals surface area contributed by atoms with Crippen LogP contribution in [0, 0.1) is 0 Å². The van der Waals surface area contributed by atoms with Crippen LogP contribution < -0.4 is 5.32 Å². The molecule has 0 aromatic heterocycles. The zero-order chi connectivity index (χ0) is 14.5. The van der Waals surface area contributed by atoms with Gasteiger partial charge in [0.15, 0.2) is 9.84 Å². The van der Waals surface area contributed by atoms with Gasteiger partial charge in [-0.1, -0.05) is 19.1 Å². The van der Waals surface area contributed by atoms with E-state index < -0.39 is 21.8 Å². The standard InChI is InChI=1S/C13H19NO4S/c1-3-8-19(17,18)12-7-5-4-6-11(12)13(16)14-9-10(2)15/h4-7,10,15H,3,8-9H2,1-2H3,(H,14,16). The number of benzene rings is 1. The van der Waals surface area contributed by atoms with Crippen LogP contribution >= 0.6 is 0 Å². The summed E-state index contributed by atoms with van der Waals surface area (Å²) in [4.78, 5) is 12.0. The lowest BCUT2D eigenvalue weighted by molar-refractivity contribution is 0.0921. The summed E-state index contributed by atoms with van der Waals surface area (Å²) < 4.78 is 24.1. The maximum absolute atomic E-state index is 12.1. The molecule has 0 aliphatic rings. The van der Waals surface area contributed by atoms with Crippen molar-refractivity contribution in [1.82, 2.24) is 5.32 Å². The van der Waals surface area contributed by atoms with E-state index in [2.05, 4.69) is 5.32 Å². The van der Waals surface area contributed by atoms with Gasteiger partial charge < -0.3 is 10.4 Å². The number of nitrogens with one attached hydrogen (secondary N) is 1. The summed E-state index contributed by atoms with van der Waals surface area (Å²) in [6.45, 7) is 3.40. The molecule has 19 heavy (non-hydrogen) atoms. The molecule has 0 aliphatic carbocycles. The van der Waals surface area contributed by atoms with E-state index in [0.29, 0.717) is 6.42 Å². The number of carbonyl (C=O) groups is 1. The molecule has 0 aliphatic heterocycles. The van der Waals surface area contributed by atoms with Gasteiger partial charge in [-0.15, -0.1) is 0 Å². The van der Waals surface area contributed by atoms with Crippen LogP contribution in [0.3, 0.4) is 0 Å². The number of amides is 1. The highest BCUT2D eigenvalue weighted by atomic mass is 32.2. The summed E-state index contributed by atoms with van der Waals surface area (Å²) >= 11 is 0. The molecule has 1 atom stereocenters. The van der Waals surface area contributed by atoms with Crippen LogP contribution in [0.1, 0.15) is 30.6 Å². The molecule has 0 spiro atoms. The van der Waals surface area contributed by atoms with Crippen molar-refractivity contribution in [2.24, 2.45) is 0 Å². The predicted molar refractivity (Wildman–Crippen MR) is 72.8 cm³/mol. The molecule has 0 fully saturated rings. The van der Waals surface area contributed by atoms with Crippen molar-refractivity contribution >= 4 is 15.7 Å². The van der Waals surface area contributed by atoms with Gasteiger partial charge in [-0.2, -0.15) is 0 Å². The molecule has 0 saturated heterocycles. The minimum absolute atomic E-state index is 0.00764. The first-order valence-corrected chi connectivity index (χ1v) is 7.81. The van der Waals surface area contributed by atoms with Crippen molar-refractivity contribution < 1.29 is 18.3 Å². The van der Waals surface area contributed by atoms with Crippen LogP contribution in [-0.4, -0.2) is 37.8 Å². The number of rotatable bonds is 6. The maximum atomic E-state index is 12.1. The summed E-state index contributed by atoms with van der Waals surface area (Å²) in [6, 6.07) is 6.11. The van der Waals surface area contributed by atoms with E-state index in [1.807, 2.05) is 0 Å². The van der Waals surface area contributed by atoms with E-state index in [1.54, 1.807) is 26.0 Å². The van der Waals surface area contributed by atoms with Gasteiger partial charge in [0, 0.05) is 6.54 Å². The molecule has 0 saturated carbocycles. The summed E-state index contributed by atoms with van der Waals surface area (Å²) in [5.74, 6) is -0.482. The normalized spacial score (nSPS) is 13.0. The van der Waals surface area contributed by atoms with Crippen molar-refractivity contribution in [3.8, 4) is 0 Å². The molecule has 0 radical (unpaired) electrons. The highest BCUT2D eigenvalue weighted by Crippen LogP contribution is 2.17. The summed E-state index contributed by atoms with van der Waals surface area (Å²) in [5, 5.41) is 11.6. The molecular formula is C13H19NO4S. The third-order valence-electron chi connectivity index (χ3n) is 2.50. The van der Waals surface area contributed by atoms with Crippen molar-refractivity contribution in [1.29, 1.82) is 0 Å². The average molecular weight is 285 g/mol. The molecule has 1 amide bonds. The Labute approximate surface area is 113 Å². The molecule has 1 aromatic rings. The lowest BCUT2D eigenvalue weighted by Crippen LogP contribution is -2.31. The van der Waals surface area contributed by atoms with Gasteiger partial charge in [0.25, 0.3) is 5.91 Å². The second-order valence-corrected chi connectivity index (χ2v) is 6.45. The fourth-order valence-electron chi connectivity index (χ4n) is 1.64. The number of aliphatic hydroxyl groups is 1. The molecule has 6 heteroatoms. The molecule has 2 N–H and O–H groups in total. The monoisotopic (exact) mass is 285 g/mol. The highest BCUT2D eigenvalue weighted by Gasteiger charge is 2.21. The molecule has 1 rings (SSSR count). The van der Waals surface area contributed by atoms with Crippen LogP contribution in [0.15, 0.2) is 29.2 Å². The van der Waals surface area contributed by atoms with Crippen LogP contribution in [0.4, 0.5) is 0 Å². The number of carbonyl (C=O) groups excluding carboxylic acids is 1. The lowest BCUT2D eigenvalue weighted by atomic mass is 10.2. The topological polar surface area (TPSA) is 83.5 Å². The molecule has 1 unspecified atom stereocenters. The lowest BCUT2D eigenvalue weighted by Gasteiger charge is -2.11. The number of sulfone groups is 1. The second kappa shape index (κ2) is 6.68. The van der Waals surface area contributed by atoms with E-state index in [-0.39, 0.29) is 22.8 Å². The van der Waals surface area contributed by atoms with E-state index in [0.717, 1.165) is 0 Å². The zero-order valence-corrected chi connectivity index (χ0v) is 11.9. The quantitative estimate of drug-likeness (QED) is 0.816. The Kier molecular flexibility index (Phi) is 5.50. The van der Waals surface area contributed by atoms with Gasteiger partial charge in [0.05, 0.1) is 22.3 Å². The van der Waals surface area contributed by atoms with Gasteiger partial charge in [0.2, 0.25) is 0 Å². The van der Waals surface area contributed by atoms with Crippen LogP contribution in [0.2, 0.25) is 0 Å². The van der Waals surface area contributed by atoms with Gasteiger partial charge in [-0.25, -0.2) is 8.42 Å². The van der Waals surface area contributed by atoms with Crippen molar-refractivity contribution in [3.05, 3.63) is 29.8 Å². The maximum Gasteiger partial charge on any atom is 0.252 e. The Morgan fingerprint density at radius 1 is 1.37 bits per heavy atom. The van der Waals surface area contributed by atoms with E-state index >= 15 is 0 Å².